The molecule has 0 amide bonds. The molecule has 0 aromatic carbocycles. The smallest absolute Gasteiger partial charge is 0.310 e. The van der Waals surface area contributed by atoms with Gasteiger partial charge >= 0.3 is 11.9 Å². The van der Waals surface area contributed by atoms with Crippen molar-refractivity contribution in [3.63, 3.8) is 0 Å². The standard InChI is InChI=1S/C14H26O4S/c1-13(2,3)17-11(15)8-7-10(9-19)12(16)18-14(4,5)6/h10,19H,7-9H2,1-6H3. The normalized spacial score (nSPS) is 13.8. The Morgan fingerprint density at radius 2 is 1.47 bits per heavy atom. The van der Waals surface area contributed by atoms with E-state index >= 15 is 0 Å². The van der Waals surface area contributed by atoms with Crippen molar-refractivity contribution < 1.29 is 19.1 Å². The zero-order valence-electron chi connectivity index (χ0n) is 12.8. The van der Waals surface area contributed by atoms with E-state index in [9.17, 15) is 9.59 Å². The predicted molar refractivity (Wildman–Crippen MR) is 78.3 cm³/mol. The first kappa shape index (κ1) is 18.3. The average Bonchev–Trinajstić information content (AvgIpc) is 2.12. The van der Waals surface area contributed by atoms with Gasteiger partial charge in [0.1, 0.15) is 11.2 Å². The third-order valence-electron chi connectivity index (χ3n) is 2.08. The summed E-state index contributed by atoms with van der Waals surface area (Å²) in [5.41, 5.74) is -1.02. The molecule has 0 N–H and O–H groups in total. The monoisotopic (exact) mass is 290 g/mol. The van der Waals surface area contributed by atoms with Gasteiger partial charge in [-0.2, -0.15) is 12.6 Å². The maximum atomic E-state index is 11.9. The molecule has 0 spiro atoms. The first-order chi connectivity index (χ1) is 8.44. The Bertz CT molecular complexity index is 312. The van der Waals surface area contributed by atoms with E-state index < -0.39 is 11.2 Å². The van der Waals surface area contributed by atoms with Crippen molar-refractivity contribution in [2.75, 3.05) is 5.75 Å². The molecular formula is C14H26O4S. The van der Waals surface area contributed by atoms with Crippen LogP contribution in [0.15, 0.2) is 0 Å². The first-order valence-corrected chi connectivity index (χ1v) is 7.13. The third kappa shape index (κ3) is 9.82. The van der Waals surface area contributed by atoms with Crippen LogP contribution in [-0.2, 0) is 19.1 Å². The molecule has 0 bridgehead atoms. The highest BCUT2D eigenvalue weighted by atomic mass is 32.1. The Hall–Kier alpha value is -0.710. The van der Waals surface area contributed by atoms with E-state index in [-0.39, 0.29) is 24.3 Å². The lowest BCUT2D eigenvalue weighted by atomic mass is 10.0. The van der Waals surface area contributed by atoms with E-state index in [1.54, 1.807) is 0 Å². The minimum atomic E-state index is -0.524. The zero-order valence-corrected chi connectivity index (χ0v) is 13.7. The molecule has 1 atom stereocenters. The van der Waals surface area contributed by atoms with Gasteiger partial charge in [-0.05, 0) is 48.0 Å². The minimum Gasteiger partial charge on any atom is -0.460 e. The van der Waals surface area contributed by atoms with E-state index in [4.69, 9.17) is 9.47 Å². The summed E-state index contributed by atoms with van der Waals surface area (Å²) >= 11 is 4.14. The number of carbonyl (C=O) groups excluding carboxylic acids is 2. The van der Waals surface area contributed by atoms with Crippen LogP contribution in [0.4, 0.5) is 0 Å². The Labute approximate surface area is 121 Å². The molecule has 0 heterocycles. The first-order valence-electron chi connectivity index (χ1n) is 6.50. The summed E-state index contributed by atoms with van der Waals surface area (Å²) in [7, 11) is 0. The average molecular weight is 290 g/mol. The number of thiol groups is 1. The van der Waals surface area contributed by atoms with Crippen LogP contribution in [0.1, 0.15) is 54.4 Å². The maximum Gasteiger partial charge on any atom is 0.310 e. The van der Waals surface area contributed by atoms with Gasteiger partial charge in [-0.25, -0.2) is 0 Å². The largest absolute Gasteiger partial charge is 0.460 e. The number of hydrogen-bond donors (Lipinski definition) is 1. The SMILES string of the molecule is CC(C)(C)OC(=O)CCC(CS)C(=O)OC(C)(C)C. The highest BCUT2D eigenvalue weighted by Gasteiger charge is 2.25. The van der Waals surface area contributed by atoms with Gasteiger partial charge in [0.15, 0.2) is 0 Å². The van der Waals surface area contributed by atoms with Gasteiger partial charge in [0.05, 0.1) is 5.92 Å². The lowest BCUT2D eigenvalue weighted by Crippen LogP contribution is -2.30. The van der Waals surface area contributed by atoms with Crippen molar-refractivity contribution in [2.45, 2.75) is 65.6 Å². The molecule has 1 unspecified atom stereocenters. The predicted octanol–water partition coefficient (Wildman–Crippen LogP) is 3.00. The number of ether oxygens (including phenoxy) is 2. The molecule has 0 saturated heterocycles. The van der Waals surface area contributed by atoms with Crippen molar-refractivity contribution in [1.82, 2.24) is 0 Å². The van der Waals surface area contributed by atoms with Crippen LogP contribution >= 0.6 is 12.6 Å². The molecule has 0 radical (unpaired) electrons. The second kappa shape index (κ2) is 7.17. The van der Waals surface area contributed by atoms with Gasteiger partial charge in [-0.3, -0.25) is 9.59 Å². The van der Waals surface area contributed by atoms with Crippen LogP contribution < -0.4 is 0 Å². The molecular weight excluding hydrogens is 264 g/mol. The van der Waals surface area contributed by atoms with Gasteiger partial charge < -0.3 is 9.47 Å². The molecule has 0 aliphatic heterocycles. The molecule has 112 valence electrons. The van der Waals surface area contributed by atoms with Gasteiger partial charge in [0, 0.05) is 12.2 Å². The Kier molecular flexibility index (Phi) is 6.91. The van der Waals surface area contributed by atoms with E-state index in [2.05, 4.69) is 12.6 Å². The molecule has 0 aliphatic rings. The quantitative estimate of drug-likeness (QED) is 0.624. The Morgan fingerprint density at radius 1 is 1.00 bits per heavy atom. The van der Waals surface area contributed by atoms with Crippen molar-refractivity contribution in [3.8, 4) is 0 Å². The van der Waals surface area contributed by atoms with Crippen molar-refractivity contribution in [2.24, 2.45) is 5.92 Å². The van der Waals surface area contributed by atoms with Crippen molar-refractivity contribution in [3.05, 3.63) is 0 Å². The Balaban J connectivity index is 4.28. The van der Waals surface area contributed by atoms with Crippen LogP contribution in [0.2, 0.25) is 0 Å². The summed E-state index contributed by atoms with van der Waals surface area (Å²) in [4.78, 5) is 23.5. The molecule has 0 aromatic rings. The van der Waals surface area contributed by atoms with E-state index in [0.717, 1.165) is 0 Å². The summed E-state index contributed by atoms with van der Waals surface area (Å²) in [6.07, 6.45) is 0.592. The van der Waals surface area contributed by atoms with Crippen LogP contribution in [0.5, 0.6) is 0 Å². The number of rotatable bonds is 5. The second-order valence-corrected chi connectivity index (χ2v) is 6.90. The van der Waals surface area contributed by atoms with Crippen LogP contribution in [0.3, 0.4) is 0 Å². The lowest BCUT2D eigenvalue weighted by molar-refractivity contribution is -0.160. The van der Waals surface area contributed by atoms with Gasteiger partial charge in [0.25, 0.3) is 0 Å². The number of esters is 2. The summed E-state index contributed by atoms with van der Waals surface area (Å²) in [5, 5.41) is 0. The van der Waals surface area contributed by atoms with E-state index in [1.807, 2.05) is 41.5 Å². The molecule has 5 heteroatoms. The summed E-state index contributed by atoms with van der Waals surface area (Å²) < 4.78 is 10.5. The van der Waals surface area contributed by atoms with Crippen LogP contribution in [0, 0.1) is 5.92 Å². The lowest BCUT2D eigenvalue weighted by Gasteiger charge is -2.23. The van der Waals surface area contributed by atoms with Crippen molar-refractivity contribution >= 4 is 24.6 Å². The summed E-state index contributed by atoms with van der Waals surface area (Å²) in [6, 6.07) is 0. The molecule has 0 fully saturated rings. The second-order valence-electron chi connectivity index (χ2n) is 6.54. The highest BCUT2D eigenvalue weighted by molar-refractivity contribution is 7.80. The van der Waals surface area contributed by atoms with Gasteiger partial charge in [0.2, 0.25) is 0 Å². The maximum absolute atomic E-state index is 11.9. The van der Waals surface area contributed by atoms with E-state index in [0.29, 0.717) is 12.2 Å². The van der Waals surface area contributed by atoms with Crippen molar-refractivity contribution in [1.29, 1.82) is 0 Å². The van der Waals surface area contributed by atoms with E-state index in [1.165, 1.54) is 0 Å². The van der Waals surface area contributed by atoms with Crippen LogP contribution in [-0.4, -0.2) is 28.9 Å². The summed E-state index contributed by atoms with van der Waals surface area (Å²) in [6.45, 7) is 10.9. The number of carbonyl (C=O) groups is 2. The van der Waals surface area contributed by atoms with Gasteiger partial charge in [-0.15, -0.1) is 0 Å². The summed E-state index contributed by atoms with van der Waals surface area (Å²) in [5.74, 6) is -0.637. The fourth-order valence-corrected chi connectivity index (χ4v) is 1.69. The molecule has 0 aromatic heterocycles. The molecule has 0 rings (SSSR count). The molecule has 4 nitrogen and oxygen atoms in total. The zero-order chi connectivity index (χ0) is 15.3. The molecule has 19 heavy (non-hydrogen) atoms. The van der Waals surface area contributed by atoms with Gasteiger partial charge in [-0.1, -0.05) is 0 Å². The Morgan fingerprint density at radius 3 is 1.84 bits per heavy atom. The highest BCUT2D eigenvalue weighted by Crippen LogP contribution is 2.18. The number of hydrogen-bond acceptors (Lipinski definition) is 5. The molecule has 0 saturated carbocycles. The fraction of sp³-hybridized carbons (Fsp3) is 0.857. The topological polar surface area (TPSA) is 52.6 Å². The minimum absolute atomic E-state index is 0.196. The molecule has 0 aliphatic carbocycles. The van der Waals surface area contributed by atoms with Crippen LogP contribution in [0.25, 0.3) is 0 Å². The third-order valence-corrected chi connectivity index (χ3v) is 2.52. The fourth-order valence-electron chi connectivity index (χ4n) is 1.35.